The molecule has 1 aromatic carbocycles. The second kappa shape index (κ2) is 10.3. The number of piperazine rings is 1. The molecule has 2 aliphatic heterocycles. The molecule has 0 radical (unpaired) electrons. The van der Waals surface area contributed by atoms with Crippen molar-refractivity contribution in [1.82, 2.24) is 15.1 Å². The summed E-state index contributed by atoms with van der Waals surface area (Å²) in [7, 11) is 1.44. The minimum absolute atomic E-state index is 0. The number of carbonyl (C=O) groups excluding carboxylic acids is 1. The molecule has 2 atom stereocenters. The molecule has 2 saturated heterocycles. The first kappa shape index (κ1) is 22.9. The van der Waals surface area contributed by atoms with Crippen molar-refractivity contribution in [1.29, 1.82) is 0 Å². The second-order valence-corrected chi connectivity index (χ2v) is 6.36. The molecule has 0 aromatic heterocycles. The molecule has 2 heterocycles. The highest BCUT2D eigenvalue weighted by molar-refractivity contribution is 5.85. The smallest absolute Gasteiger partial charge is 0.239 e. The molecule has 2 aliphatic rings. The predicted octanol–water partition coefficient (Wildman–Crippen LogP) is 2.02. The van der Waals surface area contributed by atoms with E-state index in [1.165, 1.54) is 13.2 Å². The fourth-order valence-electron chi connectivity index (χ4n) is 3.29. The minimum atomic E-state index is -0.926. The number of ether oxygens (including phenoxy) is 1. The van der Waals surface area contributed by atoms with Gasteiger partial charge in [-0.25, -0.2) is 8.78 Å². The Bertz CT molecular complexity index is 601. The van der Waals surface area contributed by atoms with Crippen LogP contribution < -0.4 is 10.1 Å². The largest absolute Gasteiger partial charge is 0.494 e. The SMILES string of the molecule is COc1ccc(CN2CCN(C(=O)[C@H]3C[C@H](F)CN3)CC2)cc1F.Cl.Cl. The van der Waals surface area contributed by atoms with Crippen LogP contribution >= 0.6 is 24.8 Å². The summed E-state index contributed by atoms with van der Waals surface area (Å²) in [5.74, 6) is -0.133. The number of methoxy groups -OCH3 is 1. The summed E-state index contributed by atoms with van der Waals surface area (Å²) >= 11 is 0. The molecule has 148 valence electrons. The Balaban J connectivity index is 0.00000169. The van der Waals surface area contributed by atoms with Gasteiger partial charge in [-0.05, 0) is 17.7 Å². The van der Waals surface area contributed by atoms with Gasteiger partial charge in [0.15, 0.2) is 11.6 Å². The van der Waals surface area contributed by atoms with Crippen LogP contribution in [0.15, 0.2) is 18.2 Å². The molecule has 2 fully saturated rings. The molecule has 1 aromatic rings. The Morgan fingerprint density at radius 3 is 2.50 bits per heavy atom. The van der Waals surface area contributed by atoms with E-state index in [0.29, 0.717) is 19.6 Å². The Morgan fingerprint density at radius 1 is 1.27 bits per heavy atom. The zero-order chi connectivity index (χ0) is 17.1. The van der Waals surface area contributed by atoms with Crippen LogP contribution in [0.2, 0.25) is 0 Å². The highest BCUT2D eigenvalue weighted by Crippen LogP contribution is 2.19. The maximum atomic E-state index is 13.7. The molecular weight excluding hydrogens is 387 g/mol. The molecular formula is C17H25Cl2F2N3O2. The summed E-state index contributed by atoms with van der Waals surface area (Å²) in [6.45, 7) is 3.59. The van der Waals surface area contributed by atoms with Crippen molar-refractivity contribution in [2.45, 2.75) is 25.2 Å². The third-order valence-corrected chi connectivity index (χ3v) is 4.68. The quantitative estimate of drug-likeness (QED) is 0.822. The van der Waals surface area contributed by atoms with Gasteiger partial charge in [0.25, 0.3) is 0 Å². The molecule has 9 heteroatoms. The van der Waals surface area contributed by atoms with E-state index in [4.69, 9.17) is 4.74 Å². The van der Waals surface area contributed by atoms with Gasteiger partial charge < -0.3 is 15.0 Å². The summed E-state index contributed by atoms with van der Waals surface area (Å²) in [5.41, 5.74) is 0.880. The van der Waals surface area contributed by atoms with Crippen molar-refractivity contribution >= 4 is 30.7 Å². The maximum absolute atomic E-state index is 13.7. The van der Waals surface area contributed by atoms with Crippen molar-refractivity contribution in [2.75, 3.05) is 39.8 Å². The van der Waals surface area contributed by atoms with Crippen LogP contribution in [0.4, 0.5) is 8.78 Å². The van der Waals surface area contributed by atoms with E-state index >= 15 is 0 Å². The van der Waals surface area contributed by atoms with Gasteiger partial charge in [-0.1, -0.05) is 6.07 Å². The van der Waals surface area contributed by atoms with E-state index in [2.05, 4.69) is 10.2 Å². The van der Waals surface area contributed by atoms with E-state index in [-0.39, 0.29) is 61.3 Å². The van der Waals surface area contributed by atoms with Crippen molar-refractivity contribution < 1.29 is 18.3 Å². The van der Waals surface area contributed by atoms with Crippen molar-refractivity contribution in [3.63, 3.8) is 0 Å². The topological polar surface area (TPSA) is 44.8 Å². The first-order chi connectivity index (χ1) is 11.6. The van der Waals surface area contributed by atoms with Crippen molar-refractivity contribution in [2.24, 2.45) is 0 Å². The lowest BCUT2D eigenvalue weighted by Crippen LogP contribution is -2.52. The number of nitrogens with one attached hydrogen (secondary N) is 1. The van der Waals surface area contributed by atoms with Crippen LogP contribution in [0.25, 0.3) is 0 Å². The highest BCUT2D eigenvalue weighted by Gasteiger charge is 2.33. The highest BCUT2D eigenvalue weighted by atomic mass is 35.5. The lowest BCUT2D eigenvalue weighted by Gasteiger charge is -2.36. The summed E-state index contributed by atoms with van der Waals surface area (Å²) in [4.78, 5) is 16.3. The summed E-state index contributed by atoms with van der Waals surface area (Å²) in [6.07, 6.45) is -0.658. The molecule has 3 rings (SSSR count). The number of hydrogen-bond donors (Lipinski definition) is 1. The molecule has 0 spiro atoms. The number of rotatable bonds is 4. The van der Waals surface area contributed by atoms with Crippen LogP contribution in [-0.4, -0.2) is 67.8 Å². The van der Waals surface area contributed by atoms with Gasteiger partial charge in [-0.2, -0.15) is 0 Å². The first-order valence-corrected chi connectivity index (χ1v) is 8.28. The average Bonchev–Trinajstić information content (AvgIpc) is 3.02. The normalized spacial score (nSPS) is 23.1. The van der Waals surface area contributed by atoms with Gasteiger partial charge in [0.1, 0.15) is 6.17 Å². The van der Waals surface area contributed by atoms with Gasteiger partial charge in [-0.3, -0.25) is 9.69 Å². The summed E-state index contributed by atoms with van der Waals surface area (Å²) in [6, 6.07) is 4.58. The Kier molecular flexibility index (Phi) is 9.03. The van der Waals surface area contributed by atoms with Gasteiger partial charge in [0, 0.05) is 45.7 Å². The van der Waals surface area contributed by atoms with E-state index < -0.39 is 6.17 Å². The predicted molar refractivity (Wildman–Crippen MR) is 101 cm³/mol. The molecule has 1 amide bonds. The summed E-state index contributed by atoms with van der Waals surface area (Å²) in [5, 5.41) is 2.94. The minimum Gasteiger partial charge on any atom is -0.494 e. The first-order valence-electron chi connectivity index (χ1n) is 8.28. The molecule has 0 aliphatic carbocycles. The van der Waals surface area contributed by atoms with Crippen LogP contribution in [-0.2, 0) is 11.3 Å². The van der Waals surface area contributed by atoms with E-state index in [1.807, 2.05) is 6.07 Å². The molecule has 0 unspecified atom stereocenters. The lowest BCUT2D eigenvalue weighted by atomic mass is 10.1. The zero-order valence-electron chi connectivity index (χ0n) is 14.6. The standard InChI is InChI=1S/C17H23F2N3O2.2ClH/c1-24-16-3-2-12(8-14(16)19)11-21-4-6-22(7-5-21)17(23)15-9-13(18)10-20-15;;/h2-3,8,13,15,20H,4-7,9-11H2,1H3;2*1H/t13-,15+;;/m0../s1. The van der Waals surface area contributed by atoms with Gasteiger partial charge in [0.2, 0.25) is 5.91 Å². The fourth-order valence-corrected chi connectivity index (χ4v) is 3.29. The van der Waals surface area contributed by atoms with E-state index in [1.54, 1.807) is 11.0 Å². The second-order valence-electron chi connectivity index (χ2n) is 6.36. The Hall–Kier alpha value is -1.15. The fraction of sp³-hybridized carbons (Fsp3) is 0.588. The number of halogens is 4. The molecule has 5 nitrogen and oxygen atoms in total. The number of alkyl halides is 1. The van der Waals surface area contributed by atoms with Crippen LogP contribution in [0.3, 0.4) is 0 Å². The molecule has 1 N–H and O–H groups in total. The van der Waals surface area contributed by atoms with Crippen LogP contribution in [0, 0.1) is 5.82 Å². The van der Waals surface area contributed by atoms with Crippen molar-refractivity contribution in [3.8, 4) is 5.75 Å². The Morgan fingerprint density at radius 2 is 1.96 bits per heavy atom. The zero-order valence-corrected chi connectivity index (χ0v) is 16.3. The maximum Gasteiger partial charge on any atom is 0.239 e. The summed E-state index contributed by atoms with van der Waals surface area (Å²) < 4.78 is 31.9. The lowest BCUT2D eigenvalue weighted by molar-refractivity contribution is -0.135. The van der Waals surface area contributed by atoms with Gasteiger partial charge in [-0.15, -0.1) is 24.8 Å². The average molecular weight is 412 g/mol. The third-order valence-electron chi connectivity index (χ3n) is 4.68. The number of amides is 1. The van der Waals surface area contributed by atoms with E-state index in [0.717, 1.165) is 18.7 Å². The van der Waals surface area contributed by atoms with E-state index in [9.17, 15) is 13.6 Å². The number of nitrogens with zero attached hydrogens (tertiary/aromatic N) is 2. The molecule has 26 heavy (non-hydrogen) atoms. The Labute approximate surface area is 164 Å². The van der Waals surface area contributed by atoms with Crippen LogP contribution in [0.5, 0.6) is 5.75 Å². The van der Waals surface area contributed by atoms with Crippen molar-refractivity contribution in [3.05, 3.63) is 29.6 Å². The molecule has 0 bridgehead atoms. The monoisotopic (exact) mass is 411 g/mol. The number of carbonyl (C=O) groups is 1. The molecule has 0 saturated carbocycles. The number of hydrogen-bond acceptors (Lipinski definition) is 4. The third kappa shape index (κ3) is 5.42. The van der Waals surface area contributed by atoms with Crippen LogP contribution in [0.1, 0.15) is 12.0 Å². The van der Waals surface area contributed by atoms with Gasteiger partial charge >= 0.3 is 0 Å². The number of benzene rings is 1. The van der Waals surface area contributed by atoms with Gasteiger partial charge in [0.05, 0.1) is 13.2 Å².